The number of halogens is 2. The minimum atomic E-state index is -1.00. The zero-order valence-corrected chi connectivity index (χ0v) is 18.1. The van der Waals surface area contributed by atoms with Gasteiger partial charge in [-0.05, 0) is 12.1 Å². The topological polar surface area (TPSA) is 111 Å². The quantitative estimate of drug-likeness (QED) is 0.425. The number of anilines is 1. The first-order valence-corrected chi connectivity index (χ1v) is 10.8. The third-order valence-electron chi connectivity index (χ3n) is 5.74. The Labute approximate surface area is 193 Å². The van der Waals surface area contributed by atoms with Crippen molar-refractivity contribution < 1.29 is 23.1 Å². The Balaban J connectivity index is 1.45. The third-order valence-corrected chi connectivity index (χ3v) is 5.74. The van der Waals surface area contributed by atoms with Gasteiger partial charge in [-0.2, -0.15) is 5.10 Å². The average Bonchev–Trinajstić information content (AvgIpc) is 3.51. The molecule has 9 nitrogen and oxygen atoms in total. The van der Waals surface area contributed by atoms with Crippen molar-refractivity contribution in [3.8, 4) is 22.9 Å². The first kappa shape index (κ1) is 22.1. The van der Waals surface area contributed by atoms with E-state index < -0.39 is 11.4 Å². The van der Waals surface area contributed by atoms with Gasteiger partial charge in [-0.1, -0.05) is 23.4 Å². The molecule has 1 saturated heterocycles. The van der Waals surface area contributed by atoms with Gasteiger partial charge in [-0.25, -0.2) is 18.7 Å². The largest absolute Gasteiger partial charge is 0.388 e. The minimum absolute atomic E-state index is 0.0449. The van der Waals surface area contributed by atoms with E-state index in [1.54, 1.807) is 35.0 Å². The Morgan fingerprint density at radius 3 is 2.68 bits per heavy atom. The van der Waals surface area contributed by atoms with Gasteiger partial charge in [0.15, 0.2) is 17.5 Å². The number of nitrogens with one attached hydrogen (secondary N) is 1. The highest BCUT2D eigenvalue weighted by Crippen LogP contribution is 2.27. The summed E-state index contributed by atoms with van der Waals surface area (Å²) in [4.78, 5) is 8.36. The number of hydrogen-bond donors (Lipinski definition) is 2. The van der Waals surface area contributed by atoms with Crippen LogP contribution in [0.15, 0.2) is 53.4 Å². The van der Waals surface area contributed by atoms with Crippen LogP contribution in [0.3, 0.4) is 0 Å². The second-order valence-corrected chi connectivity index (χ2v) is 8.13. The predicted molar refractivity (Wildman–Crippen MR) is 118 cm³/mol. The molecule has 0 radical (unpaired) electrons. The van der Waals surface area contributed by atoms with Crippen LogP contribution in [-0.4, -0.2) is 55.4 Å². The van der Waals surface area contributed by atoms with Crippen molar-refractivity contribution in [1.29, 1.82) is 0 Å². The second-order valence-electron chi connectivity index (χ2n) is 8.13. The molecule has 5 rings (SSSR count). The van der Waals surface area contributed by atoms with Crippen molar-refractivity contribution >= 4 is 5.82 Å². The number of aliphatic hydroxyl groups is 1. The molecule has 0 bridgehead atoms. The highest BCUT2D eigenvalue weighted by Gasteiger charge is 2.30. The van der Waals surface area contributed by atoms with E-state index in [1.807, 2.05) is 0 Å². The number of hydrogen-bond acceptors (Lipinski definition) is 8. The molecule has 4 heterocycles. The van der Waals surface area contributed by atoms with E-state index in [9.17, 15) is 13.9 Å². The highest BCUT2D eigenvalue weighted by atomic mass is 19.1. The fourth-order valence-electron chi connectivity index (χ4n) is 3.78. The maximum atomic E-state index is 14.4. The summed E-state index contributed by atoms with van der Waals surface area (Å²) in [5.41, 5.74) is 0.844. The molecule has 0 unspecified atom stereocenters. The summed E-state index contributed by atoms with van der Waals surface area (Å²) in [5.74, 6) is -0.889. The van der Waals surface area contributed by atoms with Gasteiger partial charge in [0.05, 0.1) is 24.0 Å². The lowest BCUT2D eigenvalue weighted by atomic mass is 9.94. The molecule has 0 atom stereocenters. The standard InChI is InChI=1S/C23H22F2N6O3/c24-16-4-2-1-3-15(16)13-31-20(18-5-8-34-30-18)11-19(29-31)22-26-12-17(25)21(28-22)27-14-23(32)6-9-33-10-7-23/h1-5,8,11-12,32H,6-7,9-10,13-14H2,(H,26,27,28). The van der Waals surface area contributed by atoms with E-state index in [2.05, 4.69) is 25.5 Å². The fraction of sp³-hybridized carbons (Fsp3) is 0.304. The van der Waals surface area contributed by atoms with Gasteiger partial charge in [0, 0.05) is 44.2 Å². The summed E-state index contributed by atoms with van der Waals surface area (Å²) >= 11 is 0. The maximum absolute atomic E-state index is 14.4. The van der Waals surface area contributed by atoms with E-state index >= 15 is 0 Å². The van der Waals surface area contributed by atoms with Gasteiger partial charge in [0.25, 0.3) is 0 Å². The molecule has 3 aromatic heterocycles. The van der Waals surface area contributed by atoms with Crippen molar-refractivity contribution in [1.82, 2.24) is 24.9 Å². The predicted octanol–water partition coefficient (Wildman–Crippen LogP) is 3.28. The van der Waals surface area contributed by atoms with Crippen LogP contribution in [0.1, 0.15) is 18.4 Å². The van der Waals surface area contributed by atoms with Gasteiger partial charge >= 0.3 is 0 Å². The summed E-state index contributed by atoms with van der Waals surface area (Å²) in [6.07, 6.45) is 3.36. The molecule has 1 fully saturated rings. The van der Waals surface area contributed by atoms with Crippen molar-refractivity contribution in [3.05, 3.63) is 66.1 Å². The van der Waals surface area contributed by atoms with Crippen LogP contribution < -0.4 is 5.32 Å². The summed E-state index contributed by atoms with van der Waals surface area (Å²) in [7, 11) is 0. The summed E-state index contributed by atoms with van der Waals surface area (Å²) in [6, 6.07) is 9.74. The molecule has 2 N–H and O–H groups in total. The molecule has 0 aliphatic carbocycles. The van der Waals surface area contributed by atoms with Crippen LogP contribution in [0.5, 0.6) is 0 Å². The smallest absolute Gasteiger partial charge is 0.183 e. The Hall–Kier alpha value is -3.70. The zero-order valence-electron chi connectivity index (χ0n) is 18.1. The van der Waals surface area contributed by atoms with E-state index in [0.717, 1.165) is 6.20 Å². The summed E-state index contributed by atoms with van der Waals surface area (Å²) < 4.78 is 40.5. The van der Waals surface area contributed by atoms with Crippen LogP contribution in [-0.2, 0) is 11.3 Å². The van der Waals surface area contributed by atoms with E-state index in [4.69, 9.17) is 9.26 Å². The lowest BCUT2D eigenvalue weighted by Crippen LogP contribution is -2.42. The highest BCUT2D eigenvalue weighted by molar-refractivity contribution is 5.63. The number of nitrogens with zero attached hydrogens (tertiary/aromatic N) is 5. The fourth-order valence-corrected chi connectivity index (χ4v) is 3.78. The van der Waals surface area contributed by atoms with Gasteiger partial charge in [-0.15, -0.1) is 0 Å². The number of aromatic nitrogens is 5. The minimum Gasteiger partial charge on any atom is -0.388 e. The molecule has 4 aromatic rings. The molecule has 0 spiro atoms. The molecular formula is C23H22F2N6O3. The number of ether oxygens (including phenoxy) is 1. The maximum Gasteiger partial charge on any atom is 0.183 e. The van der Waals surface area contributed by atoms with Gasteiger partial charge in [-0.3, -0.25) is 4.68 Å². The van der Waals surface area contributed by atoms with Crippen LogP contribution in [0.4, 0.5) is 14.6 Å². The SMILES string of the molecule is OC1(CNc2nc(-c3cc(-c4ccon4)n(Cc4ccccc4F)n3)ncc2F)CCOCC1. The van der Waals surface area contributed by atoms with Crippen LogP contribution >= 0.6 is 0 Å². The van der Waals surface area contributed by atoms with Gasteiger partial charge < -0.3 is 19.7 Å². The molecular weight excluding hydrogens is 446 g/mol. The summed E-state index contributed by atoms with van der Waals surface area (Å²) in [5, 5.41) is 22.0. The lowest BCUT2D eigenvalue weighted by molar-refractivity contribution is -0.0544. The van der Waals surface area contributed by atoms with E-state index in [-0.39, 0.29) is 30.5 Å². The first-order chi connectivity index (χ1) is 16.5. The first-order valence-electron chi connectivity index (χ1n) is 10.8. The van der Waals surface area contributed by atoms with Gasteiger partial charge in [0.2, 0.25) is 0 Å². The van der Waals surface area contributed by atoms with E-state index in [0.29, 0.717) is 48.7 Å². The third kappa shape index (κ3) is 4.66. The van der Waals surface area contributed by atoms with Crippen molar-refractivity contribution in [3.63, 3.8) is 0 Å². The summed E-state index contributed by atoms with van der Waals surface area (Å²) in [6.45, 7) is 1.14. The Morgan fingerprint density at radius 2 is 1.91 bits per heavy atom. The van der Waals surface area contributed by atoms with E-state index in [1.165, 1.54) is 12.3 Å². The normalized spacial score (nSPS) is 15.4. The molecule has 0 amide bonds. The molecule has 1 aliphatic rings. The molecule has 1 aliphatic heterocycles. The molecule has 0 saturated carbocycles. The number of rotatable bonds is 7. The molecule has 34 heavy (non-hydrogen) atoms. The van der Waals surface area contributed by atoms with Crippen LogP contribution in [0.25, 0.3) is 22.9 Å². The zero-order chi connectivity index (χ0) is 23.5. The molecule has 1 aromatic carbocycles. The van der Waals surface area contributed by atoms with Crippen molar-refractivity contribution in [2.45, 2.75) is 25.0 Å². The van der Waals surface area contributed by atoms with Crippen molar-refractivity contribution in [2.75, 3.05) is 25.1 Å². The van der Waals surface area contributed by atoms with Crippen LogP contribution in [0, 0.1) is 11.6 Å². The number of benzene rings is 1. The molecule has 11 heteroatoms. The Morgan fingerprint density at radius 1 is 1.09 bits per heavy atom. The average molecular weight is 468 g/mol. The monoisotopic (exact) mass is 468 g/mol. The Kier molecular flexibility index (Phi) is 6.03. The molecule has 176 valence electrons. The van der Waals surface area contributed by atoms with Gasteiger partial charge in [0.1, 0.15) is 23.5 Å². The Bertz CT molecular complexity index is 1270. The second kappa shape index (κ2) is 9.27. The van der Waals surface area contributed by atoms with Crippen LogP contribution in [0.2, 0.25) is 0 Å². The lowest BCUT2D eigenvalue weighted by Gasteiger charge is -2.32. The van der Waals surface area contributed by atoms with Crippen molar-refractivity contribution in [2.24, 2.45) is 0 Å².